The molecule has 2 heterocycles. The third kappa shape index (κ3) is 4.31. The first-order valence-corrected chi connectivity index (χ1v) is 10.4. The van der Waals surface area contributed by atoms with Crippen LogP contribution in [0.15, 0.2) is 47.6 Å². The number of amides is 1. The van der Waals surface area contributed by atoms with Crippen molar-refractivity contribution in [1.29, 1.82) is 0 Å². The maximum Gasteiger partial charge on any atom is 0.240 e. The average Bonchev–Trinajstić information content (AvgIpc) is 3.08. The molecule has 0 saturated carbocycles. The minimum Gasteiger partial charge on any atom is -0.341 e. The quantitative estimate of drug-likeness (QED) is 0.864. The van der Waals surface area contributed by atoms with Crippen molar-refractivity contribution in [2.75, 3.05) is 13.1 Å². The van der Waals surface area contributed by atoms with Crippen LogP contribution in [-0.2, 0) is 14.8 Å². The summed E-state index contributed by atoms with van der Waals surface area (Å²) in [6.07, 6.45) is 6.45. The lowest BCUT2D eigenvalue weighted by Gasteiger charge is -2.24. The van der Waals surface area contributed by atoms with Crippen molar-refractivity contribution < 1.29 is 13.2 Å². The molecule has 26 heavy (non-hydrogen) atoms. The number of sulfonamides is 1. The summed E-state index contributed by atoms with van der Waals surface area (Å²) in [4.78, 5) is 14.0. The van der Waals surface area contributed by atoms with Crippen LogP contribution in [0.5, 0.6) is 0 Å². The number of nitrogens with zero attached hydrogens (tertiary/aromatic N) is 3. The van der Waals surface area contributed by atoms with Gasteiger partial charge < -0.3 is 4.90 Å². The lowest BCUT2D eigenvalue weighted by Crippen LogP contribution is -2.44. The molecule has 1 N–H and O–H groups in total. The van der Waals surface area contributed by atoms with Crippen LogP contribution in [0.3, 0.4) is 0 Å². The van der Waals surface area contributed by atoms with E-state index < -0.39 is 10.0 Å². The van der Waals surface area contributed by atoms with Crippen molar-refractivity contribution in [3.8, 4) is 5.69 Å². The Labute approximate surface area is 154 Å². The van der Waals surface area contributed by atoms with Crippen molar-refractivity contribution in [1.82, 2.24) is 19.4 Å². The largest absolute Gasteiger partial charge is 0.341 e. The molecule has 2 aromatic rings. The summed E-state index contributed by atoms with van der Waals surface area (Å²) in [6.45, 7) is 2.95. The van der Waals surface area contributed by atoms with E-state index in [-0.39, 0.29) is 16.8 Å². The van der Waals surface area contributed by atoms with Crippen LogP contribution >= 0.6 is 0 Å². The standard InChI is InChI=1S/C18H24N4O3S/c1-2-18(23)21-12-4-3-6-15(14-21)20-26(24,25)17-9-7-16(8-10-17)22-13-5-11-19-22/h5,7-11,13,15,20H,2-4,6,12,14H2,1H3/t15-/m0/s1. The zero-order valence-corrected chi connectivity index (χ0v) is 15.7. The summed E-state index contributed by atoms with van der Waals surface area (Å²) in [5, 5.41) is 4.13. The summed E-state index contributed by atoms with van der Waals surface area (Å²) in [7, 11) is -3.64. The van der Waals surface area contributed by atoms with Gasteiger partial charge in [0.25, 0.3) is 0 Å². The molecule has 1 aromatic carbocycles. The maximum atomic E-state index is 12.7. The smallest absolute Gasteiger partial charge is 0.240 e. The molecule has 140 valence electrons. The highest BCUT2D eigenvalue weighted by atomic mass is 32.2. The molecule has 1 amide bonds. The van der Waals surface area contributed by atoms with Gasteiger partial charge in [0.2, 0.25) is 15.9 Å². The Hall–Kier alpha value is -2.19. The van der Waals surface area contributed by atoms with Crippen LogP contribution < -0.4 is 4.72 Å². The Morgan fingerprint density at radius 3 is 2.69 bits per heavy atom. The number of nitrogens with one attached hydrogen (secondary N) is 1. The molecule has 1 aliphatic heterocycles. The molecule has 0 spiro atoms. The topological polar surface area (TPSA) is 84.3 Å². The van der Waals surface area contributed by atoms with Gasteiger partial charge in [0.05, 0.1) is 10.6 Å². The lowest BCUT2D eigenvalue weighted by molar-refractivity contribution is -0.131. The lowest BCUT2D eigenvalue weighted by atomic mass is 10.2. The summed E-state index contributed by atoms with van der Waals surface area (Å²) in [5.74, 6) is 0.0691. The van der Waals surface area contributed by atoms with Crippen molar-refractivity contribution in [2.24, 2.45) is 0 Å². The number of carbonyl (C=O) groups is 1. The van der Waals surface area contributed by atoms with Gasteiger partial charge in [-0.15, -0.1) is 0 Å². The molecule has 1 saturated heterocycles. The molecule has 3 rings (SSSR count). The van der Waals surface area contributed by atoms with Crippen LogP contribution in [-0.4, -0.2) is 48.1 Å². The van der Waals surface area contributed by atoms with E-state index in [0.717, 1.165) is 24.9 Å². The van der Waals surface area contributed by atoms with E-state index in [1.54, 1.807) is 46.2 Å². The van der Waals surface area contributed by atoms with Crippen molar-refractivity contribution in [3.05, 3.63) is 42.7 Å². The third-order valence-corrected chi connectivity index (χ3v) is 6.10. The minimum atomic E-state index is -3.64. The second-order valence-electron chi connectivity index (χ2n) is 6.45. The van der Waals surface area contributed by atoms with Gasteiger partial charge in [0.15, 0.2) is 0 Å². The minimum absolute atomic E-state index is 0.0691. The van der Waals surface area contributed by atoms with E-state index in [1.807, 2.05) is 13.0 Å². The van der Waals surface area contributed by atoms with Crippen molar-refractivity contribution >= 4 is 15.9 Å². The Balaban J connectivity index is 1.72. The first-order chi connectivity index (χ1) is 12.5. The van der Waals surface area contributed by atoms with E-state index in [2.05, 4.69) is 9.82 Å². The van der Waals surface area contributed by atoms with Gasteiger partial charge in [-0.1, -0.05) is 13.3 Å². The van der Waals surface area contributed by atoms with Crippen LogP contribution in [0.25, 0.3) is 5.69 Å². The zero-order chi connectivity index (χ0) is 18.6. The van der Waals surface area contributed by atoms with Crippen molar-refractivity contribution in [3.63, 3.8) is 0 Å². The van der Waals surface area contributed by atoms with Gasteiger partial charge >= 0.3 is 0 Å². The Bertz CT molecular complexity index is 832. The number of hydrogen-bond donors (Lipinski definition) is 1. The van der Waals surface area contributed by atoms with Gasteiger partial charge in [0.1, 0.15) is 0 Å². The molecule has 0 bridgehead atoms. The van der Waals surface area contributed by atoms with Crippen LogP contribution in [0.1, 0.15) is 32.6 Å². The van der Waals surface area contributed by atoms with Gasteiger partial charge in [-0.05, 0) is 43.2 Å². The molecular formula is C18H24N4O3S. The summed E-state index contributed by atoms with van der Waals surface area (Å²) in [6, 6.07) is 8.14. The number of rotatable bonds is 5. The molecule has 1 fully saturated rings. The first-order valence-electron chi connectivity index (χ1n) is 8.90. The molecule has 7 nitrogen and oxygen atoms in total. The highest BCUT2D eigenvalue weighted by Gasteiger charge is 2.25. The molecule has 0 aliphatic carbocycles. The number of hydrogen-bond acceptors (Lipinski definition) is 4. The predicted octanol–water partition coefficient (Wildman–Crippen LogP) is 1.94. The molecule has 1 aliphatic rings. The highest BCUT2D eigenvalue weighted by molar-refractivity contribution is 7.89. The highest BCUT2D eigenvalue weighted by Crippen LogP contribution is 2.17. The third-order valence-electron chi connectivity index (χ3n) is 4.56. The van der Waals surface area contributed by atoms with Crippen molar-refractivity contribution in [2.45, 2.75) is 43.5 Å². The SMILES string of the molecule is CCC(=O)N1CCCC[C@H](NS(=O)(=O)c2ccc(-n3cccn3)cc2)C1. The number of aromatic nitrogens is 2. The Morgan fingerprint density at radius 1 is 1.27 bits per heavy atom. The van der Waals surface area contributed by atoms with Crippen LogP contribution in [0.4, 0.5) is 0 Å². The molecule has 1 atom stereocenters. The van der Waals surface area contributed by atoms with Gasteiger partial charge in [-0.2, -0.15) is 5.10 Å². The average molecular weight is 376 g/mol. The normalized spacial score (nSPS) is 18.5. The molecule has 0 radical (unpaired) electrons. The van der Waals surface area contributed by atoms with Gasteiger partial charge in [0, 0.05) is 37.9 Å². The summed E-state index contributed by atoms with van der Waals surface area (Å²) in [5.41, 5.74) is 0.795. The van der Waals surface area contributed by atoms with Gasteiger partial charge in [-0.3, -0.25) is 4.79 Å². The maximum absolute atomic E-state index is 12.7. The van der Waals surface area contributed by atoms with E-state index in [1.165, 1.54) is 0 Å². The number of benzene rings is 1. The van der Waals surface area contributed by atoms with E-state index in [0.29, 0.717) is 19.5 Å². The fourth-order valence-electron chi connectivity index (χ4n) is 3.18. The Morgan fingerprint density at radius 2 is 2.04 bits per heavy atom. The second-order valence-corrected chi connectivity index (χ2v) is 8.17. The first kappa shape index (κ1) is 18.6. The van der Waals surface area contributed by atoms with Gasteiger partial charge in [-0.25, -0.2) is 17.8 Å². The molecule has 0 unspecified atom stereocenters. The fourth-order valence-corrected chi connectivity index (χ4v) is 4.44. The summed E-state index contributed by atoms with van der Waals surface area (Å²) >= 11 is 0. The van der Waals surface area contributed by atoms with Crippen LogP contribution in [0, 0.1) is 0 Å². The monoisotopic (exact) mass is 376 g/mol. The number of likely N-dealkylation sites (tertiary alicyclic amines) is 1. The van der Waals surface area contributed by atoms with E-state index >= 15 is 0 Å². The number of carbonyl (C=O) groups excluding carboxylic acids is 1. The van der Waals surface area contributed by atoms with Crippen LogP contribution in [0.2, 0.25) is 0 Å². The molecule has 1 aromatic heterocycles. The van der Waals surface area contributed by atoms with E-state index in [9.17, 15) is 13.2 Å². The Kier molecular flexibility index (Phi) is 5.73. The van der Waals surface area contributed by atoms with E-state index in [4.69, 9.17) is 0 Å². The fraction of sp³-hybridized carbons (Fsp3) is 0.444. The predicted molar refractivity (Wildman–Crippen MR) is 98.4 cm³/mol. The molecule has 8 heteroatoms. The zero-order valence-electron chi connectivity index (χ0n) is 14.8. The molecular weight excluding hydrogens is 352 g/mol. The second kappa shape index (κ2) is 8.01. The summed E-state index contributed by atoms with van der Waals surface area (Å²) < 4.78 is 29.9.